The molecule has 0 aliphatic rings. The number of imidazole rings is 1. The number of fused-ring (bicyclic) bond motifs is 1. The van der Waals surface area contributed by atoms with Crippen LogP contribution < -0.4 is 0 Å². The van der Waals surface area contributed by atoms with Gasteiger partial charge < -0.3 is 4.57 Å². The number of hydrogen-bond acceptors (Lipinski definition) is 2. The van der Waals surface area contributed by atoms with Crippen molar-refractivity contribution < 1.29 is 0 Å². The summed E-state index contributed by atoms with van der Waals surface area (Å²) in [7, 11) is 2.01. The summed E-state index contributed by atoms with van der Waals surface area (Å²) >= 11 is 2.26. The minimum atomic E-state index is 0.925. The second-order valence-electron chi connectivity index (χ2n) is 4.31. The van der Waals surface area contributed by atoms with Crippen LogP contribution in [-0.2, 0) is 7.05 Å². The van der Waals surface area contributed by atoms with Gasteiger partial charge in [-0.15, -0.1) is 0 Å². The van der Waals surface area contributed by atoms with Crippen LogP contribution in [0.2, 0.25) is 0 Å². The molecule has 3 nitrogen and oxygen atoms in total. The van der Waals surface area contributed by atoms with Crippen LogP contribution in [0.5, 0.6) is 0 Å². The van der Waals surface area contributed by atoms with Crippen LogP contribution in [0, 0.1) is 10.5 Å². The van der Waals surface area contributed by atoms with Crippen LogP contribution >= 0.6 is 22.6 Å². The Balaban J connectivity index is 2.31. The van der Waals surface area contributed by atoms with Gasteiger partial charge in [-0.1, -0.05) is 24.3 Å². The molecule has 3 rings (SSSR count). The van der Waals surface area contributed by atoms with E-state index in [1.165, 1.54) is 5.56 Å². The Morgan fingerprint density at radius 3 is 2.78 bits per heavy atom. The standard InChI is InChI=1S/C14H12IN3/c1-9-5-3-4-6-11(9)13-17-12-7-10(15)8-16-14(12)18(13)2/h3-8H,1-2H3. The molecule has 0 N–H and O–H groups in total. The van der Waals surface area contributed by atoms with Gasteiger partial charge >= 0.3 is 0 Å². The molecule has 0 atom stereocenters. The maximum Gasteiger partial charge on any atom is 0.160 e. The quantitative estimate of drug-likeness (QED) is 0.629. The topological polar surface area (TPSA) is 30.7 Å². The molecule has 0 fully saturated rings. The first-order chi connectivity index (χ1) is 8.66. The van der Waals surface area contributed by atoms with Crippen molar-refractivity contribution >= 4 is 33.8 Å². The minimum Gasteiger partial charge on any atom is -0.312 e. The lowest BCUT2D eigenvalue weighted by Gasteiger charge is -2.04. The molecule has 18 heavy (non-hydrogen) atoms. The Hall–Kier alpha value is -1.43. The number of halogens is 1. The Morgan fingerprint density at radius 2 is 2.00 bits per heavy atom. The van der Waals surface area contributed by atoms with Gasteiger partial charge in [0.05, 0.1) is 0 Å². The molecule has 0 amide bonds. The lowest BCUT2D eigenvalue weighted by molar-refractivity contribution is 0.940. The molecule has 90 valence electrons. The third kappa shape index (κ3) is 1.80. The maximum absolute atomic E-state index is 4.70. The van der Waals surface area contributed by atoms with E-state index in [9.17, 15) is 0 Å². The van der Waals surface area contributed by atoms with Crippen molar-refractivity contribution in [3.05, 3.63) is 45.7 Å². The van der Waals surface area contributed by atoms with E-state index < -0.39 is 0 Å². The molecule has 0 aliphatic carbocycles. The zero-order valence-corrected chi connectivity index (χ0v) is 12.3. The van der Waals surface area contributed by atoms with Crippen molar-refractivity contribution in [1.29, 1.82) is 0 Å². The molecule has 0 aliphatic heterocycles. The number of benzene rings is 1. The molecule has 1 aromatic carbocycles. The van der Waals surface area contributed by atoms with Crippen LogP contribution in [0.15, 0.2) is 36.5 Å². The number of hydrogen-bond donors (Lipinski definition) is 0. The Labute approximate surface area is 119 Å². The molecule has 2 heterocycles. The first kappa shape index (κ1) is 11.6. The number of rotatable bonds is 1. The van der Waals surface area contributed by atoms with E-state index in [0.717, 1.165) is 26.1 Å². The van der Waals surface area contributed by atoms with Gasteiger partial charge in [-0.2, -0.15) is 0 Å². The molecule has 0 saturated carbocycles. The molecule has 2 aromatic heterocycles. The molecular weight excluding hydrogens is 337 g/mol. The van der Waals surface area contributed by atoms with Gasteiger partial charge in [-0.25, -0.2) is 9.97 Å². The summed E-state index contributed by atoms with van der Waals surface area (Å²) in [5.41, 5.74) is 4.26. The second-order valence-corrected chi connectivity index (χ2v) is 5.55. The van der Waals surface area contributed by atoms with Crippen LogP contribution in [-0.4, -0.2) is 14.5 Å². The number of nitrogens with zero attached hydrogens (tertiary/aromatic N) is 3. The van der Waals surface area contributed by atoms with Crippen LogP contribution in [0.25, 0.3) is 22.6 Å². The van der Waals surface area contributed by atoms with Gasteiger partial charge in [-0.3, -0.25) is 0 Å². The minimum absolute atomic E-state index is 0.925. The third-order valence-corrected chi connectivity index (χ3v) is 3.65. The normalized spacial score (nSPS) is 11.1. The summed E-state index contributed by atoms with van der Waals surface area (Å²) < 4.78 is 3.16. The Morgan fingerprint density at radius 1 is 1.22 bits per heavy atom. The van der Waals surface area contributed by atoms with E-state index in [2.05, 4.69) is 52.7 Å². The Kier molecular flexibility index (Phi) is 2.81. The molecule has 4 heteroatoms. The average Bonchev–Trinajstić information content (AvgIpc) is 2.67. The zero-order valence-electron chi connectivity index (χ0n) is 10.2. The molecule has 3 aromatic rings. The SMILES string of the molecule is Cc1ccccc1-c1nc2cc(I)cnc2n1C. The second kappa shape index (κ2) is 4.35. The summed E-state index contributed by atoms with van der Waals surface area (Å²) in [5.74, 6) is 0.970. The van der Waals surface area contributed by atoms with Crippen molar-refractivity contribution in [2.75, 3.05) is 0 Å². The molecule has 0 unspecified atom stereocenters. The van der Waals surface area contributed by atoms with E-state index in [1.807, 2.05) is 29.9 Å². The summed E-state index contributed by atoms with van der Waals surface area (Å²) in [6.45, 7) is 2.10. The predicted octanol–water partition coefficient (Wildman–Crippen LogP) is 3.55. The van der Waals surface area contributed by atoms with Crippen LogP contribution in [0.4, 0.5) is 0 Å². The van der Waals surface area contributed by atoms with Crippen molar-refractivity contribution in [2.24, 2.45) is 7.05 Å². The van der Waals surface area contributed by atoms with Gasteiger partial charge in [0, 0.05) is 22.4 Å². The van der Waals surface area contributed by atoms with Gasteiger partial charge in [0.2, 0.25) is 0 Å². The summed E-state index contributed by atoms with van der Waals surface area (Å²) in [6, 6.07) is 10.3. The van der Waals surface area contributed by atoms with Crippen LogP contribution in [0.1, 0.15) is 5.56 Å². The summed E-state index contributed by atoms with van der Waals surface area (Å²) in [6.07, 6.45) is 1.87. The van der Waals surface area contributed by atoms with Crippen molar-refractivity contribution in [3.63, 3.8) is 0 Å². The highest BCUT2D eigenvalue weighted by Crippen LogP contribution is 2.25. The van der Waals surface area contributed by atoms with E-state index in [4.69, 9.17) is 4.98 Å². The fraction of sp³-hybridized carbons (Fsp3) is 0.143. The van der Waals surface area contributed by atoms with Gasteiger partial charge in [0.15, 0.2) is 5.65 Å². The molecule has 0 spiro atoms. The van der Waals surface area contributed by atoms with Crippen molar-refractivity contribution in [2.45, 2.75) is 6.92 Å². The largest absolute Gasteiger partial charge is 0.312 e. The highest BCUT2D eigenvalue weighted by Gasteiger charge is 2.12. The van der Waals surface area contributed by atoms with Gasteiger partial charge in [0.1, 0.15) is 11.3 Å². The lowest BCUT2D eigenvalue weighted by Crippen LogP contribution is -1.95. The fourth-order valence-electron chi connectivity index (χ4n) is 2.12. The maximum atomic E-state index is 4.70. The first-order valence-corrected chi connectivity index (χ1v) is 6.78. The zero-order chi connectivity index (χ0) is 12.7. The van der Waals surface area contributed by atoms with Crippen LogP contribution in [0.3, 0.4) is 0 Å². The smallest absolute Gasteiger partial charge is 0.160 e. The lowest BCUT2D eigenvalue weighted by atomic mass is 10.1. The number of pyridine rings is 1. The van der Waals surface area contributed by atoms with E-state index >= 15 is 0 Å². The van der Waals surface area contributed by atoms with E-state index in [0.29, 0.717) is 0 Å². The monoisotopic (exact) mass is 349 g/mol. The predicted molar refractivity (Wildman–Crippen MR) is 81.4 cm³/mol. The molecular formula is C14H12IN3. The average molecular weight is 349 g/mol. The summed E-state index contributed by atoms with van der Waals surface area (Å²) in [5, 5.41) is 0. The fourth-order valence-corrected chi connectivity index (χ4v) is 2.55. The highest BCUT2D eigenvalue weighted by molar-refractivity contribution is 14.1. The van der Waals surface area contributed by atoms with Crippen molar-refractivity contribution in [3.8, 4) is 11.4 Å². The number of aryl methyl sites for hydroxylation is 2. The van der Waals surface area contributed by atoms with E-state index in [-0.39, 0.29) is 0 Å². The Bertz CT molecular complexity index is 731. The molecule has 0 radical (unpaired) electrons. The van der Waals surface area contributed by atoms with Gasteiger partial charge in [-0.05, 0) is 41.1 Å². The molecule has 0 bridgehead atoms. The first-order valence-electron chi connectivity index (χ1n) is 5.71. The highest BCUT2D eigenvalue weighted by atomic mass is 127. The molecule has 0 saturated heterocycles. The summed E-state index contributed by atoms with van der Waals surface area (Å²) in [4.78, 5) is 9.15. The van der Waals surface area contributed by atoms with E-state index in [1.54, 1.807) is 0 Å². The van der Waals surface area contributed by atoms with Crippen molar-refractivity contribution in [1.82, 2.24) is 14.5 Å². The third-order valence-electron chi connectivity index (χ3n) is 3.06. The van der Waals surface area contributed by atoms with Gasteiger partial charge in [0.25, 0.3) is 0 Å². The number of aromatic nitrogens is 3.